The van der Waals surface area contributed by atoms with Crippen LogP contribution in [0, 0.1) is 0 Å². The molecule has 0 spiro atoms. The second kappa shape index (κ2) is 4.44. The SMILES string of the molecule is C=C1CCNc2c(cccc2C(=C)CC)N1. The predicted octanol–water partition coefficient (Wildman–Crippen LogP) is 3.85. The van der Waals surface area contributed by atoms with E-state index in [2.05, 4.69) is 48.9 Å². The summed E-state index contributed by atoms with van der Waals surface area (Å²) >= 11 is 0. The largest absolute Gasteiger partial charge is 0.382 e. The second-order valence-electron chi connectivity index (χ2n) is 4.09. The molecule has 0 saturated carbocycles. The van der Waals surface area contributed by atoms with E-state index >= 15 is 0 Å². The lowest BCUT2D eigenvalue weighted by molar-refractivity contribution is 1.03. The van der Waals surface area contributed by atoms with E-state index < -0.39 is 0 Å². The fourth-order valence-electron chi connectivity index (χ4n) is 1.92. The molecular formula is C14H18N2. The molecule has 0 amide bonds. The van der Waals surface area contributed by atoms with Gasteiger partial charge < -0.3 is 10.6 Å². The average Bonchev–Trinajstić information content (AvgIpc) is 2.48. The van der Waals surface area contributed by atoms with Gasteiger partial charge in [0.05, 0.1) is 11.4 Å². The first-order chi connectivity index (χ1) is 7.72. The molecule has 0 saturated heterocycles. The molecule has 1 aliphatic heterocycles. The average molecular weight is 214 g/mol. The van der Waals surface area contributed by atoms with Gasteiger partial charge in [-0.3, -0.25) is 0 Å². The van der Waals surface area contributed by atoms with E-state index in [1.165, 1.54) is 11.1 Å². The van der Waals surface area contributed by atoms with Crippen LogP contribution in [0.1, 0.15) is 25.3 Å². The van der Waals surface area contributed by atoms with Gasteiger partial charge in [0.2, 0.25) is 0 Å². The number of nitrogens with one attached hydrogen (secondary N) is 2. The van der Waals surface area contributed by atoms with Crippen molar-refractivity contribution in [3.8, 4) is 0 Å². The maximum Gasteiger partial charge on any atom is 0.0655 e. The van der Waals surface area contributed by atoms with Crippen molar-refractivity contribution in [2.45, 2.75) is 19.8 Å². The highest BCUT2D eigenvalue weighted by Gasteiger charge is 2.13. The van der Waals surface area contributed by atoms with Gasteiger partial charge in [-0.1, -0.05) is 32.2 Å². The normalized spacial score (nSPS) is 14.4. The number of anilines is 2. The third-order valence-corrected chi connectivity index (χ3v) is 2.91. The molecular weight excluding hydrogens is 196 g/mol. The fourth-order valence-corrected chi connectivity index (χ4v) is 1.92. The van der Waals surface area contributed by atoms with E-state index in [4.69, 9.17) is 0 Å². The zero-order valence-electron chi connectivity index (χ0n) is 9.77. The fraction of sp³-hybridized carbons (Fsp3) is 0.286. The van der Waals surface area contributed by atoms with Crippen molar-refractivity contribution in [2.75, 3.05) is 17.2 Å². The lowest BCUT2D eigenvalue weighted by Gasteiger charge is -2.14. The van der Waals surface area contributed by atoms with Gasteiger partial charge >= 0.3 is 0 Å². The van der Waals surface area contributed by atoms with Crippen molar-refractivity contribution in [1.29, 1.82) is 0 Å². The van der Waals surface area contributed by atoms with Crippen LogP contribution in [0.3, 0.4) is 0 Å². The molecule has 0 aromatic heterocycles. The maximum absolute atomic E-state index is 4.11. The Balaban J connectivity index is 2.46. The van der Waals surface area contributed by atoms with E-state index in [0.29, 0.717) is 0 Å². The van der Waals surface area contributed by atoms with Crippen molar-refractivity contribution in [3.63, 3.8) is 0 Å². The third-order valence-electron chi connectivity index (χ3n) is 2.91. The highest BCUT2D eigenvalue weighted by Crippen LogP contribution is 2.34. The van der Waals surface area contributed by atoms with Gasteiger partial charge in [-0.2, -0.15) is 0 Å². The first-order valence-corrected chi connectivity index (χ1v) is 5.72. The zero-order chi connectivity index (χ0) is 11.5. The molecule has 16 heavy (non-hydrogen) atoms. The van der Waals surface area contributed by atoms with Crippen LogP contribution in [0.2, 0.25) is 0 Å². The van der Waals surface area contributed by atoms with Crippen molar-refractivity contribution >= 4 is 16.9 Å². The molecule has 1 aromatic rings. The molecule has 0 aliphatic carbocycles. The molecule has 1 heterocycles. The summed E-state index contributed by atoms with van der Waals surface area (Å²) in [5.74, 6) is 0. The minimum Gasteiger partial charge on any atom is -0.382 e. The number of benzene rings is 1. The van der Waals surface area contributed by atoms with Gasteiger partial charge in [0.25, 0.3) is 0 Å². The molecule has 0 radical (unpaired) electrons. The van der Waals surface area contributed by atoms with E-state index in [0.717, 1.165) is 36.5 Å². The Morgan fingerprint density at radius 1 is 1.44 bits per heavy atom. The summed E-state index contributed by atoms with van der Waals surface area (Å²) in [6.07, 6.45) is 1.92. The van der Waals surface area contributed by atoms with Crippen molar-refractivity contribution in [2.24, 2.45) is 0 Å². The van der Waals surface area contributed by atoms with E-state index in [-0.39, 0.29) is 0 Å². The Hall–Kier alpha value is -1.70. The van der Waals surface area contributed by atoms with Gasteiger partial charge in [-0.15, -0.1) is 0 Å². The van der Waals surface area contributed by atoms with Gasteiger partial charge in [0, 0.05) is 24.2 Å². The number of hydrogen-bond acceptors (Lipinski definition) is 2. The minimum absolute atomic E-state index is 0.923. The van der Waals surface area contributed by atoms with Crippen LogP contribution >= 0.6 is 0 Å². The quantitative estimate of drug-likeness (QED) is 0.781. The molecule has 0 atom stereocenters. The van der Waals surface area contributed by atoms with Crippen LogP contribution < -0.4 is 10.6 Å². The van der Waals surface area contributed by atoms with Gasteiger partial charge in [-0.05, 0) is 18.1 Å². The topological polar surface area (TPSA) is 24.1 Å². The molecule has 0 unspecified atom stereocenters. The molecule has 1 aliphatic rings. The predicted molar refractivity (Wildman–Crippen MR) is 71.6 cm³/mol. The summed E-state index contributed by atoms with van der Waals surface area (Å²) < 4.78 is 0. The summed E-state index contributed by atoms with van der Waals surface area (Å²) in [4.78, 5) is 0. The molecule has 84 valence electrons. The molecule has 0 fully saturated rings. The number of para-hydroxylation sites is 1. The van der Waals surface area contributed by atoms with Crippen LogP contribution in [-0.2, 0) is 0 Å². The Morgan fingerprint density at radius 3 is 3.00 bits per heavy atom. The molecule has 2 nitrogen and oxygen atoms in total. The monoisotopic (exact) mass is 214 g/mol. The molecule has 2 heteroatoms. The Bertz CT molecular complexity index is 432. The minimum atomic E-state index is 0.923. The Labute approximate surface area is 97.1 Å². The van der Waals surface area contributed by atoms with Crippen LogP contribution in [-0.4, -0.2) is 6.54 Å². The number of rotatable bonds is 2. The summed E-state index contributed by atoms with van der Waals surface area (Å²) in [5.41, 5.74) is 5.70. The standard InChI is InChI=1S/C14H18N2/c1-4-10(2)12-6-5-7-13-14(12)15-9-8-11(3)16-13/h5-7,15-16H,2-4,8-9H2,1H3. The van der Waals surface area contributed by atoms with Gasteiger partial charge in [0.15, 0.2) is 0 Å². The second-order valence-corrected chi connectivity index (χ2v) is 4.09. The third kappa shape index (κ3) is 1.96. The lowest BCUT2D eigenvalue weighted by Crippen LogP contribution is -2.01. The van der Waals surface area contributed by atoms with E-state index in [1.807, 2.05) is 0 Å². The zero-order valence-corrected chi connectivity index (χ0v) is 9.77. The van der Waals surface area contributed by atoms with Crippen LogP contribution in [0.25, 0.3) is 5.57 Å². The maximum atomic E-state index is 4.11. The lowest BCUT2D eigenvalue weighted by atomic mass is 10.0. The summed E-state index contributed by atoms with van der Waals surface area (Å²) in [6.45, 7) is 11.2. The van der Waals surface area contributed by atoms with Gasteiger partial charge in [-0.25, -0.2) is 0 Å². The van der Waals surface area contributed by atoms with E-state index in [9.17, 15) is 0 Å². The molecule has 2 rings (SSSR count). The first kappa shape index (κ1) is 10.8. The number of fused-ring (bicyclic) bond motifs is 1. The highest BCUT2D eigenvalue weighted by molar-refractivity contribution is 5.85. The van der Waals surface area contributed by atoms with Crippen LogP contribution in [0.4, 0.5) is 11.4 Å². The first-order valence-electron chi connectivity index (χ1n) is 5.72. The highest BCUT2D eigenvalue weighted by atomic mass is 15.0. The summed E-state index contributed by atoms with van der Waals surface area (Å²) in [7, 11) is 0. The van der Waals surface area contributed by atoms with Gasteiger partial charge in [0.1, 0.15) is 0 Å². The van der Waals surface area contributed by atoms with E-state index in [1.54, 1.807) is 0 Å². The Kier molecular flexibility index (Phi) is 3.00. The molecule has 2 N–H and O–H groups in total. The Morgan fingerprint density at radius 2 is 2.25 bits per heavy atom. The van der Waals surface area contributed by atoms with Crippen molar-refractivity contribution in [1.82, 2.24) is 0 Å². The summed E-state index contributed by atoms with van der Waals surface area (Å²) in [5, 5.41) is 6.80. The number of hydrogen-bond donors (Lipinski definition) is 2. The molecule has 1 aromatic carbocycles. The van der Waals surface area contributed by atoms with Crippen molar-refractivity contribution < 1.29 is 0 Å². The van der Waals surface area contributed by atoms with Crippen LogP contribution in [0.5, 0.6) is 0 Å². The smallest absolute Gasteiger partial charge is 0.0655 e. The van der Waals surface area contributed by atoms with Crippen LogP contribution in [0.15, 0.2) is 37.1 Å². The summed E-state index contributed by atoms with van der Waals surface area (Å²) in [6, 6.07) is 6.25. The number of allylic oxidation sites excluding steroid dienone is 1. The van der Waals surface area contributed by atoms with Crippen molar-refractivity contribution in [3.05, 3.63) is 42.6 Å². The molecule has 0 bridgehead atoms.